The van der Waals surface area contributed by atoms with E-state index >= 15 is 0 Å². The molecule has 0 bridgehead atoms. The molecule has 2 aromatic rings. The molecule has 0 unspecified atom stereocenters. The Morgan fingerprint density at radius 3 is 2.64 bits per heavy atom. The van der Waals surface area contributed by atoms with Gasteiger partial charge < -0.3 is 14.8 Å². The third-order valence-electron chi connectivity index (χ3n) is 3.13. The van der Waals surface area contributed by atoms with Crippen molar-refractivity contribution in [3.8, 4) is 11.5 Å². The van der Waals surface area contributed by atoms with Crippen LogP contribution in [0.4, 0.5) is 5.69 Å². The monoisotopic (exact) mass is 319 g/mol. The third-order valence-corrected chi connectivity index (χ3v) is 3.36. The van der Waals surface area contributed by atoms with E-state index in [9.17, 15) is 4.79 Å². The molecule has 0 spiro atoms. The number of rotatable bonds is 6. The molecule has 2 aromatic carbocycles. The Balaban J connectivity index is 1.87. The van der Waals surface area contributed by atoms with Crippen LogP contribution in [0.2, 0.25) is 5.02 Å². The summed E-state index contributed by atoms with van der Waals surface area (Å²) in [5.41, 5.74) is 1.68. The van der Waals surface area contributed by atoms with Gasteiger partial charge in [-0.05, 0) is 36.8 Å². The quantitative estimate of drug-likeness (QED) is 0.873. The maximum absolute atomic E-state index is 12.0. The van der Waals surface area contributed by atoms with Gasteiger partial charge in [0.15, 0.2) is 11.5 Å². The van der Waals surface area contributed by atoms with Crippen LogP contribution in [-0.4, -0.2) is 19.6 Å². The second-order valence-corrected chi connectivity index (χ2v) is 5.19. The lowest BCUT2D eigenvalue weighted by Crippen LogP contribution is -2.16. The lowest BCUT2D eigenvalue weighted by molar-refractivity contribution is -0.116. The number of anilines is 1. The number of carbonyl (C=O) groups excluding carboxylic acids is 1. The highest BCUT2D eigenvalue weighted by Crippen LogP contribution is 2.26. The number of hydrogen-bond acceptors (Lipinski definition) is 3. The topological polar surface area (TPSA) is 47.6 Å². The number of methoxy groups -OCH3 is 1. The minimum atomic E-state index is -0.125. The van der Waals surface area contributed by atoms with Crippen molar-refractivity contribution in [1.82, 2.24) is 0 Å². The SMILES string of the molecule is COc1ccccc1OCCC(=O)Nc1cc(Cl)ccc1C. The zero-order valence-corrected chi connectivity index (χ0v) is 13.3. The summed E-state index contributed by atoms with van der Waals surface area (Å²) in [6.07, 6.45) is 0.240. The van der Waals surface area contributed by atoms with Gasteiger partial charge in [-0.25, -0.2) is 0 Å². The van der Waals surface area contributed by atoms with E-state index < -0.39 is 0 Å². The predicted molar refractivity (Wildman–Crippen MR) is 87.9 cm³/mol. The molecule has 0 atom stereocenters. The molecule has 2 rings (SSSR count). The van der Waals surface area contributed by atoms with E-state index in [1.807, 2.05) is 31.2 Å². The number of hydrogen-bond donors (Lipinski definition) is 1. The molecule has 0 aromatic heterocycles. The standard InChI is InChI=1S/C17H18ClNO3/c1-12-7-8-13(18)11-14(12)19-17(20)9-10-22-16-6-4-3-5-15(16)21-2/h3-8,11H,9-10H2,1-2H3,(H,19,20). The first-order valence-electron chi connectivity index (χ1n) is 6.92. The van der Waals surface area contributed by atoms with E-state index in [1.165, 1.54) is 0 Å². The molecule has 0 radical (unpaired) electrons. The Labute approximate surface area is 135 Å². The number of nitrogens with one attached hydrogen (secondary N) is 1. The molecule has 0 fully saturated rings. The highest BCUT2D eigenvalue weighted by Gasteiger charge is 2.07. The molecular formula is C17H18ClNO3. The van der Waals surface area contributed by atoms with Crippen LogP contribution in [0.25, 0.3) is 0 Å². The van der Waals surface area contributed by atoms with E-state index in [1.54, 1.807) is 25.3 Å². The fourth-order valence-corrected chi connectivity index (χ4v) is 2.11. The highest BCUT2D eigenvalue weighted by atomic mass is 35.5. The Kier molecular flexibility index (Phi) is 5.67. The van der Waals surface area contributed by atoms with Crippen molar-refractivity contribution in [3.63, 3.8) is 0 Å². The van der Waals surface area contributed by atoms with E-state index in [0.717, 1.165) is 11.3 Å². The van der Waals surface area contributed by atoms with Crippen LogP contribution in [0, 0.1) is 6.92 Å². The molecule has 0 heterocycles. The summed E-state index contributed by atoms with van der Waals surface area (Å²) in [5.74, 6) is 1.14. The fraction of sp³-hybridized carbons (Fsp3) is 0.235. The van der Waals surface area contributed by atoms with Gasteiger partial charge in [-0.1, -0.05) is 29.8 Å². The Bertz CT molecular complexity index is 658. The lowest BCUT2D eigenvalue weighted by atomic mass is 10.2. The van der Waals surface area contributed by atoms with E-state index in [2.05, 4.69) is 5.32 Å². The summed E-state index contributed by atoms with van der Waals surface area (Å²) in [6.45, 7) is 2.18. The summed E-state index contributed by atoms with van der Waals surface area (Å²) in [7, 11) is 1.58. The first-order chi connectivity index (χ1) is 10.6. The van der Waals surface area contributed by atoms with Crippen molar-refractivity contribution < 1.29 is 14.3 Å². The van der Waals surface area contributed by atoms with Crippen molar-refractivity contribution in [2.24, 2.45) is 0 Å². The van der Waals surface area contributed by atoms with Gasteiger partial charge in [0.25, 0.3) is 0 Å². The summed E-state index contributed by atoms with van der Waals surface area (Å²) in [6, 6.07) is 12.7. The number of aryl methyl sites for hydroxylation is 1. The summed E-state index contributed by atoms with van der Waals surface area (Å²) < 4.78 is 10.8. The minimum Gasteiger partial charge on any atom is -0.493 e. The van der Waals surface area contributed by atoms with Crippen LogP contribution >= 0.6 is 11.6 Å². The van der Waals surface area contributed by atoms with Crippen molar-refractivity contribution >= 4 is 23.2 Å². The smallest absolute Gasteiger partial charge is 0.227 e. The minimum absolute atomic E-state index is 0.125. The van der Waals surface area contributed by atoms with Crippen molar-refractivity contribution in [1.29, 1.82) is 0 Å². The predicted octanol–water partition coefficient (Wildman–Crippen LogP) is 4.06. The van der Waals surface area contributed by atoms with Crippen LogP contribution < -0.4 is 14.8 Å². The average Bonchev–Trinajstić information content (AvgIpc) is 2.51. The Hall–Kier alpha value is -2.20. The third kappa shape index (κ3) is 4.40. The molecule has 5 heteroatoms. The number of ether oxygens (including phenoxy) is 2. The maximum Gasteiger partial charge on any atom is 0.227 e. The average molecular weight is 320 g/mol. The number of benzene rings is 2. The van der Waals surface area contributed by atoms with Crippen molar-refractivity contribution in [2.75, 3.05) is 19.0 Å². The number of amides is 1. The second kappa shape index (κ2) is 7.71. The molecule has 1 amide bonds. The first kappa shape index (κ1) is 16.2. The molecular weight excluding hydrogens is 302 g/mol. The molecule has 0 aliphatic heterocycles. The number of carbonyl (C=O) groups is 1. The van der Waals surface area contributed by atoms with Crippen LogP contribution in [0.1, 0.15) is 12.0 Å². The van der Waals surface area contributed by atoms with Gasteiger partial charge in [-0.15, -0.1) is 0 Å². The van der Waals surface area contributed by atoms with Crippen molar-refractivity contribution in [2.45, 2.75) is 13.3 Å². The van der Waals surface area contributed by atoms with Crippen molar-refractivity contribution in [3.05, 3.63) is 53.1 Å². The molecule has 0 aliphatic carbocycles. The number of halogens is 1. The van der Waals surface area contributed by atoms with Gasteiger partial charge >= 0.3 is 0 Å². The first-order valence-corrected chi connectivity index (χ1v) is 7.30. The fourth-order valence-electron chi connectivity index (χ4n) is 1.93. The lowest BCUT2D eigenvalue weighted by Gasteiger charge is -2.11. The largest absolute Gasteiger partial charge is 0.493 e. The van der Waals surface area contributed by atoms with E-state index in [4.69, 9.17) is 21.1 Å². The van der Waals surface area contributed by atoms with Gasteiger partial charge in [-0.2, -0.15) is 0 Å². The zero-order valence-electron chi connectivity index (χ0n) is 12.6. The molecule has 0 aliphatic rings. The molecule has 4 nitrogen and oxygen atoms in total. The second-order valence-electron chi connectivity index (χ2n) is 4.76. The molecule has 1 N–H and O–H groups in total. The number of para-hydroxylation sites is 2. The van der Waals surface area contributed by atoms with Crippen LogP contribution in [0.3, 0.4) is 0 Å². The van der Waals surface area contributed by atoms with Gasteiger partial charge in [0.2, 0.25) is 5.91 Å². The Morgan fingerprint density at radius 1 is 1.18 bits per heavy atom. The van der Waals surface area contributed by atoms with Gasteiger partial charge in [-0.3, -0.25) is 4.79 Å². The molecule has 22 heavy (non-hydrogen) atoms. The summed E-state index contributed by atoms with van der Waals surface area (Å²) in [4.78, 5) is 12.0. The summed E-state index contributed by atoms with van der Waals surface area (Å²) >= 11 is 5.93. The van der Waals surface area contributed by atoms with E-state index in [0.29, 0.717) is 16.5 Å². The maximum atomic E-state index is 12.0. The molecule has 0 saturated heterocycles. The van der Waals surface area contributed by atoms with Crippen LogP contribution in [-0.2, 0) is 4.79 Å². The normalized spacial score (nSPS) is 10.1. The summed E-state index contributed by atoms with van der Waals surface area (Å²) in [5, 5.41) is 3.42. The van der Waals surface area contributed by atoms with Crippen LogP contribution in [0.5, 0.6) is 11.5 Å². The Morgan fingerprint density at radius 2 is 1.91 bits per heavy atom. The molecule has 0 saturated carbocycles. The highest BCUT2D eigenvalue weighted by molar-refractivity contribution is 6.31. The van der Waals surface area contributed by atoms with Crippen LogP contribution in [0.15, 0.2) is 42.5 Å². The van der Waals surface area contributed by atoms with Gasteiger partial charge in [0.1, 0.15) is 0 Å². The van der Waals surface area contributed by atoms with E-state index in [-0.39, 0.29) is 18.9 Å². The van der Waals surface area contributed by atoms with Gasteiger partial charge in [0, 0.05) is 10.7 Å². The zero-order chi connectivity index (χ0) is 15.9. The van der Waals surface area contributed by atoms with Gasteiger partial charge in [0.05, 0.1) is 20.1 Å². The molecule has 116 valence electrons.